The minimum absolute atomic E-state index is 0.00457. The number of imide groups is 1. The minimum Gasteiger partial charge on any atom is -0.508 e. The standard InChI is InChI=1S/C46H49N5O6/c1-6-45(4,31-46(5,34-13-25-40(52)26-14-34)42-32(3)43(53)50(44(42)54)38-11-9-8-10-12-38)33-15-27-41(28-16-33)57-30-29-49(7-2)37-21-17-35(18-22-37)47-48-36-19-23-39(24-20-36)51(55)56/h8-28,32,42,52H,6-7,29-31H2,1-5H3. The maximum Gasteiger partial charge on any atom is 0.269 e. The summed E-state index contributed by atoms with van der Waals surface area (Å²) >= 11 is 0. The number of amides is 2. The third-order valence-corrected chi connectivity index (χ3v) is 11.5. The number of carbonyl (C=O) groups excluding carboxylic acids is 2. The number of non-ortho nitro benzene ring substituents is 1. The molecule has 11 heteroatoms. The van der Waals surface area contributed by atoms with Crippen LogP contribution < -0.4 is 14.5 Å². The lowest BCUT2D eigenvalue weighted by molar-refractivity contribution is -0.384. The Morgan fingerprint density at radius 3 is 1.93 bits per heavy atom. The van der Waals surface area contributed by atoms with Crippen molar-refractivity contribution in [1.82, 2.24) is 0 Å². The number of benzene rings is 5. The fourth-order valence-electron chi connectivity index (χ4n) is 8.12. The Morgan fingerprint density at radius 1 is 0.789 bits per heavy atom. The van der Waals surface area contributed by atoms with E-state index >= 15 is 0 Å². The van der Waals surface area contributed by atoms with Crippen LogP contribution in [0.25, 0.3) is 0 Å². The van der Waals surface area contributed by atoms with Crippen LogP contribution in [0.3, 0.4) is 0 Å². The summed E-state index contributed by atoms with van der Waals surface area (Å²) in [5.74, 6) is -0.688. The number of hydrogen-bond donors (Lipinski definition) is 1. The second-order valence-electron chi connectivity index (χ2n) is 15.1. The minimum atomic E-state index is -0.749. The van der Waals surface area contributed by atoms with E-state index in [0.717, 1.165) is 35.5 Å². The number of ether oxygens (including phenoxy) is 1. The monoisotopic (exact) mass is 767 g/mol. The molecule has 1 aliphatic heterocycles. The normalized spacial score (nSPS) is 17.7. The number of carbonyl (C=O) groups is 2. The van der Waals surface area contributed by atoms with E-state index in [1.807, 2.05) is 73.7 Å². The highest BCUT2D eigenvalue weighted by atomic mass is 16.6. The third-order valence-electron chi connectivity index (χ3n) is 11.5. The van der Waals surface area contributed by atoms with Gasteiger partial charge in [0.15, 0.2) is 0 Å². The number of anilines is 2. The fourth-order valence-corrected chi connectivity index (χ4v) is 8.12. The molecule has 294 valence electrons. The number of rotatable bonds is 16. The molecule has 0 spiro atoms. The van der Waals surface area contributed by atoms with E-state index in [1.165, 1.54) is 17.0 Å². The second kappa shape index (κ2) is 17.2. The van der Waals surface area contributed by atoms with Crippen molar-refractivity contribution in [2.75, 3.05) is 29.5 Å². The van der Waals surface area contributed by atoms with Crippen LogP contribution >= 0.6 is 0 Å². The lowest BCUT2D eigenvalue weighted by Gasteiger charge is -2.44. The van der Waals surface area contributed by atoms with Crippen LogP contribution in [0.5, 0.6) is 11.5 Å². The van der Waals surface area contributed by atoms with Gasteiger partial charge in [-0.3, -0.25) is 24.6 Å². The molecule has 1 fully saturated rings. The summed E-state index contributed by atoms with van der Waals surface area (Å²) in [5.41, 5.74) is 3.67. The molecule has 6 rings (SSSR count). The molecule has 1 saturated heterocycles. The van der Waals surface area contributed by atoms with Crippen LogP contribution in [0, 0.1) is 22.0 Å². The smallest absolute Gasteiger partial charge is 0.269 e. The van der Waals surface area contributed by atoms with Crippen LogP contribution in [0.2, 0.25) is 0 Å². The molecule has 0 saturated carbocycles. The molecule has 2 amide bonds. The number of likely N-dealkylation sites (N-methyl/N-ethyl adjacent to an activating group) is 1. The van der Waals surface area contributed by atoms with Crippen molar-refractivity contribution in [3.63, 3.8) is 0 Å². The first-order valence-electron chi connectivity index (χ1n) is 19.3. The van der Waals surface area contributed by atoms with Gasteiger partial charge in [0.25, 0.3) is 5.69 Å². The van der Waals surface area contributed by atoms with Crippen molar-refractivity contribution in [3.8, 4) is 11.5 Å². The summed E-state index contributed by atoms with van der Waals surface area (Å²) in [7, 11) is 0. The SMILES string of the molecule is CCN(CCOc1ccc(C(C)(CC)CC(C)(c2ccc(O)cc2)C2C(=O)N(c3ccccc3)C(=O)C2C)cc1)c1ccc(N=Nc2ccc([N+](=O)[O-])cc2)cc1. The van der Waals surface area contributed by atoms with Gasteiger partial charge >= 0.3 is 0 Å². The molecule has 0 bridgehead atoms. The molecule has 1 aliphatic rings. The third kappa shape index (κ3) is 8.72. The zero-order valence-electron chi connectivity index (χ0n) is 33.0. The van der Waals surface area contributed by atoms with Gasteiger partial charge in [-0.05, 0) is 109 Å². The first-order chi connectivity index (χ1) is 27.4. The van der Waals surface area contributed by atoms with Crippen LogP contribution in [-0.2, 0) is 20.4 Å². The van der Waals surface area contributed by atoms with Crippen molar-refractivity contribution in [2.24, 2.45) is 22.1 Å². The van der Waals surface area contributed by atoms with E-state index < -0.39 is 22.2 Å². The molecule has 57 heavy (non-hydrogen) atoms. The number of phenols is 1. The van der Waals surface area contributed by atoms with Crippen molar-refractivity contribution in [1.29, 1.82) is 0 Å². The Labute approximate surface area is 333 Å². The number of aromatic hydroxyl groups is 1. The number of phenolic OH excluding ortho intramolecular Hbond substituents is 1. The van der Waals surface area contributed by atoms with Gasteiger partial charge < -0.3 is 14.7 Å². The maximum atomic E-state index is 14.4. The van der Waals surface area contributed by atoms with E-state index in [4.69, 9.17) is 4.74 Å². The Hall–Kier alpha value is -6.36. The van der Waals surface area contributed by atoms with Gasteiger partial charge in [-0.2, -0.15) is 10.2 Å². The van der Waals surface area contributed by atoms with E-state index in [-0.39, 0.29) is 28.7 Å². The Kier molecular flexibility index (Phi) is 12.2. The predicted octanol–water partition coefficient (Wildman–Crippen LogP) is 10.5. The zero-order valence-corrected chi connectivity index (χ0v) is 33.0. The molecule has 0 aliphatic carbocycles. The van der Waals surface area contributed by atoms with Crippen LogP contribution in [0.4, 0.5) is 28.4 Å². The molecule has 5 aromatic carbocycles. The lowest BCUT2D eigenvalue weighted by atomic mass is 9.58. The number of nitro groups is 1. The molecule has 1 heterocycles. The summed E-state index contributed by atoms with van der Waals surface area (Å²) in [4.78, 5) is 42.1. The van der Waals surface area contributed by atoms with Crippen LogP contribution in [0.1, 0.15) is 58.6 Å². The topological polar surface area (TPSA) is 138 Å². The van der Waals surface area contributed by atoms with Crippen molar-refractivity contribution in [2.45, 2.75) is 58.3 Å². The highest BCUT2D eigenvalue weighted by molar-refractivity contribution is 6.22. The largest absolute Gasteiger partial charge is 0.508 e. The van der Waals surface area contributed by atoms with Crippen molar-refractivity contribution in [3.05, 3.63) is 149 Å². The Bertz CT molecular complexity index is 2190. The summed E-state index contributed by atoms with van der Waals surface area (Å²) in [6.45, 7) is 12.3. The number of nitro benzene ring substituents is 1. The van der Waals surface area contributed by atoms with E-state index in [2.05, 4.69) is 55.0 Å². The van der Waals surface area contributed by atoms with Crippen LogP contribution in [0.15, 0.2) is 138 Å². The van der Waals surface area contributed by atoms with Crippen LogP contribution in [-0.4, -0.2) is 41.5 Å². The molecule has 4 unspecified atom stereocenters. The van der Waals surface area contributed by atoms with Crippen molar-refractivity contribution >= 4 is 40.3 Å². The number of para-hydroxylation sites is 1. The highest BCUT2D eigenvalue weighted by Crippen LogP contribution is 2.51. The van der Waals surface area contributed by atoms with Gasteiger partial charge in [-0.15, -0.1) is 0 Å². The second-order valence-corrected chi connectivity index (χ2v) is 15.1. The zero-order chi connectivity index (χ0) is 40.7. The number of nitrogens with zero attached hydrogens (tertiary/aromatic N) is 5. The van der Waals surface area contributed by atoms with Gasteiger partial charge in [-0.1, -0.05) is 70.2 Å². The molecule has 0 aromatic heterocycles. The molecular weight excluding hydrogens is 719 g/mol. The summed E-state index contributed by atoms with van der Waals surface area (Å²) in [6, 6.07) is 38.0. The quantitative estimate of drug-likeness (QED) is 0.0456. The van der Waals surface area contributed by atoms with E-state index in [9.17, 15) is 24.8 Å². The van der Waals surface area contributed by atoms with Crippen molar-refractivity contribution < 1.29 is 24.4 Å². The summed E-state index contributed by atoms with van der Waals surface area (Å²) < 4.78 is 6.22. The van der Waals surface area contributed by atoms with Gasteiger partial charge in [-0.25, -0.2) is 0 Å². The average Bonchev–Trinajstić information content (AvgIpc) is 3.46. The Morgan fingerprint density at radius 2 is 1.37 bits per heavy atom. The number of azo groups is 1. The molecule has 1 N–H and O–H groups in total. The molecular formula is C46H49N5O6. The molecule has 5 aromatic rings. The maximum absolute atomic E-state index is 14.4. The molecule has 4 atom stereocenters. The van der Waals surface area contributed by atoms with Gasteiger partial charge in [0, 0.05) is 35.7 Å². The molecule has 11 nitrogen and oxygen atoms in total. The lowest BCUT2D eigenvalue weighted by Crippen LogP contribution is -2.44. The number of hydrogen-bond acceptors (Lipinski definition) is 9. The van der Waals surface area contributed by atoms with E-state index in [0.29, 0.717) is 36.6 Å². The summed E-state index contributed by atoms with van der Waals surface area (Å²) in [6.07, 6.45) is 1.37. The fraction of sp³-hybridized carbons (Fsp3) is 0.304. The van der Waals surface area contributed by atoms with E-state index in [1.54, 1.807) is 36.4 Å². The predicted molar refractivity (Wildman–Crippen MR) is 223 cm³/mol. The first-order valence-corrected chi connectivity index (χ1v) is 19.3. The highest BCUT2D eigenvalue weighted by Gasteiger charge is 2.56. The average molecular weight is 768 g/mol. The van der Waals surface area contributed by atoms with Gasteiger partial charge in [0.05, 0.1) is 34.4 Å². The Balaban J connectivity index is 1.13. The van der Waals surface area contributed by atoms with Gasteiger partial charge in [0.1, 0.15) is 18.1 Å². The van der Waals surface area contributed by atoms with Gasteiger partial charge in [0.2, 0.25) is 11.8 Å². The first kappa shape index (κ1) is 40.3. The molecule has 0 radical (unpaired) electrons. The summed E-state index contributed by atoms with van der Waals surface area (Å²) in [5, 5.41) is 29.5.